The lowest BCUT2D eigenvalue weighted by atomic mass is 10.1. The third-order valence-electron chi connectivity index (χ3n) is 2.95. The molecule has 0 bridgehead atoms. The quantitative estimate of drug-likeness (QED) is 0.590. The van der Waals surface area contributed by atoms with Crippen LogP contribution in [-0.4, -0.2) is 0 Å². The smallest absolute Gasteiger partial charge is 0.336 e. The summed E-state index contributed by atoms with van der Waals surface area (Å²) in [5.74, 6) is 0. The summed E-state index contributed by atoms with van der Waals surface area (Å²) in [6.07, 6.45) is 0. The van der Waals surface area contributed by atoms with Crippen molar-refractivity contribution in [1.29, 1.82) is 0 Å². The molecular formula is C13H9BrO3. The Morgan fingerprint density at radius 3 is 2.47 bits per heavy atom. The summed E-state index contributed by atoms with van der Waals surface area (Å²) >= 11 is 3.36. The van der Waals surface area contributed by atoms with Gasteiger partial charge in [-0.15, -0.1) is 0 Å². The van der Waals surface area contributed by atoms with E-state index in [1.807, 2.05) is 19.9 Å². The van der Waals surface area contributed by atoms with Crippen LogP contribution in [-0.2, 0) is 0 Å². The maximum absolute atomic E-state index is 11.3. The number of furan rings is 1. The Balaban J connectivity index is 2.56. The molecule has 3 aromatic rings. The Morgan fingerprint density at radius 2 is 1.71 bits per heavy atom. The first-order valence-corrected chi connectivity index (χ1v) is 5.98. The van der Waals surface area contributed by atoms with Gasteiger partial charge in [-0.25, -0.2) is 4.79 Å². The van der Waals surface area contributed by atoms with Crippen LogP contribution in [0.2, 0.25) is 0 Å². The standard InChI is InChI=1S/C13H9BrO3/c1-6-3-12(15)16-10-5-11-9(4-8(6)10)7(2)13(14)17-11/h3-5H,1-2H3. The fourth-order valence-corrected chi connectivity index (χ4v) is 2.39. The van der Waals surface area contributed by atoms with Gasteiger partial charge in [-0.2, -0.15) is 0 Å². The van der Waals surface area contributed by atoms with Crippen molar-refractivity contribution >= 4 is 37.9 Å². The SMILES string of the molecule is Cc1cc(=O)oc2cc3oc(Br)c(C)c3cc12. The van der Waals surface area contributed by atoms with E-state index in [1.165, 1.54) is 6.07 Å². The minimum Gasteiger partial charge on any atom is -0.449 e. The van der Waals surface area contributed by atoms with Gasteiger partial charge in [0.05, 0.1) is 0 Å². The summed E-state index contributed by atoms with van der Waals surface area (Å²) in [6, 6.07) is 5.25. The molecule has 3 rings (SSSR count). The van der Waals surface area contributed by atoms with Gasteiger partial charge >= 0.3 is 5.63 Å². The van der Waals surface area contributed by atoms with Gasteiger partial charge in [-0.05, 0) is 41.4 Å². The highest BCUT2D eigenvalue weighted by molar-refractivity contribution is 9.10. The molecule has 0 amide bonds. The highest BCUT2D eigenvalue weighted by atomic mass is 79.9. The van der Waals surface area contributed by atoms with Crippen molar-refractivity contribution in [2.75, 3.05) is 0 Å². The molecule has 2 heterocycles. The van der Waals surface area contributed by atoms with Crippen molar-refractivity contribution in [3.63, 3.8) is 0 Å². The van der Waals surface area contributed by atoms with Gasteiger partial charge in [0.15, 0.2) is 4.67 Å². The van der Waals surface area contributed by atoms with Crippen LogP contribution in [0.3, 0.4) is 0 Å². The normalized spacial score (nSPS) is 11.5. The fourth-order valence-electron chi connectivity index (χ4n) is 2.00. The summed E-state index contributed by atoms with van der Waals surface area (Å²) in [4.78, 5) is 11.3. The van der Waals surface area contributed by atoms with Crippen LogP contribution in [0.25, 0.3) is 21.9 Å². The van der Waals surface area contributed by atoms with E-state index in [1.54, 1.807) is 6.07 Å². The van der Waals surface area contributed by atoms with E-state index in [0.29, 0.717) is 10.3 Å². The molecule has 17 heavy (non-hydrogen) atoms. The fraction of sp³-hybridized carbons (Fsp3) is 0.154. The molecular weight excluding hydrogens is 284 g/mol. The first kappa shape index (κ1) is 10.6. The van der Waals surface area contributed by atoms with Crippen molar-refractivity contribution < 1.29 is 8.83 Å². The minimum absolute atomic E-state index is 0.336. The number of rotatable bonds is 0. The van der Waals surface area contributed by atoms with E-state index in [4.69, 9.17) is 8.83 Å². The van der Waals surface area contributed by atoms with Crippen LogP contribution in [0.5, 0.6) is 0 Å². The molecule has 0 unspecified atom stereocenters. The monoisotopic (exact) mass is 292 g/mol. The number of halogens is 1. The predicted molar refractivity (Wildman–Crippen MR) is 69.4 cm³/mol. The van der Waals surface area contributed by atoms with E-state index < -0.39 is 0 Å². The van der Waals surface area contributed by atoms with Crippen LogP contribution >= 0.6 is 15.9 Å². The van der Waals surface area contributed by atoms with E-state index in [9.17, 15) is 4.79 Å². The zero-order valence-electron chi connectivity index (χ0n) is 9.33. The van der Waals surface area contributed by atoms with Gasteiger partial charge in [-0.3, -0.25) is 0 Å². The second-order valence-corrected chi connectivity index (χ2v) is 4.81. The van der Waals surface area contributed by atoms with E-state index in [2.05, 4.69) is 15.9 Å². The lowest BCUT2D eigenvalue weighted by Crippen LogP contribution is -1.97. The third kappa shape index (κ3) is 1.52. The molecule has 0 aliphatic carbocycles. The molecule has 0 saturated carbocycles. The average Bonchev–Trinajstić information content (AvgIpc) is 2.52. The first-order chi connectivity index (χ1) is 8.06. The molecule has 86 valence electrons. The first-order valence-electron chi connectivity index (χ1n) is 5.19. The Morgan fingerprint density at radius 1 is 1.00 bits per heavy atom. The molecule has 0 saturated heterocycles. The topological polar surface area (TPSA) is 43.4 Å². The molecule has 0 atom stereocenters. The van der Waals surface area contributed by atoms with Crippen LogP contribution in [0.15, 0.2) is 36.5 Å². The van der Waals surface area contributed by atoms with E-state index in [-0.39, 0.29) is 5.63 Å². The third-order valence-corrected chi connectivity index (χ3v) is 3.71. The number of fused-ring (bicyclic) bond motifs is 2. The summed E-state index contributed by atoms with van der Waals surface area (Å²) in [5, 5.41) is 1.97. The lowest BCUT2D eigenvalue weighted by Gasteiger charge is -2.00. The molecule has 0 aliphatic heterocycles. The van der Waals surface area contributed by atoms with Gasteiger partial charge in [0, 0.05) is 28.5 Å². The van der Waals surface area contributed by atoms with Gasteiger partial charge < -0.3 is 8.83 Å². The molecule has 3 nitrogen and oxygen atoms in total. The second-order valence-electron chi connectivity index (χ2n) is 4.09. The number of hydrogen-bond acceptors (Lipinski definition) is 3. The van der Waals surface area contributed by atoms with Gasteiger partial charge in [-0.1, -0.05) is 0 Å². The minimum atomic E-state index is -0.336. The van der Waals surface area contributed by atoms with Gasteiger partial charge in [0.25, 0.3) is 0 Å². The molecule has 0 fully saturated rings. The van der Waals surface area contributed by atoms with Crippen LogP contribution in [0.4, 0.5) is 0 Å². The van der Waals surface area contributed by atoms with Crippen molar-refractivity contribution in [1.82, 2.24) is 0 Å². The van der Waals surface area contributed by atoms with Crippen LogP contribution in [0.1, 0.15) is 11.1 Å². The second kappa shape index (κ2) is 3.47. The Bertz CT molecular complexity index is 796. The summed E-state index contributed by atoms with van der Waals surface area (Å²) in [5.41, 5.74) is 2.90. The highest BCUT2D eigenvalue weighted by Crippen LogP contribution is 2.32. The molecule has 2 aromatic heterocycles. The molecule has 0 N–H and O–H groups in total. The molecule has 1 aromatic carbocycles. The zero-order valence-corrected chi connectivity index (χ0v) is 10.9. The largest absolute Gasteiger partial charge is 0.449 e. The van der Waals surface area contributed by atoms with Crippen molar-refractivity contribution in [2.24, 2.45) is 0 Å². The van der Waals surface area contributed by atoms with Crippen molar-refractivity contribution in [3.8, 4) is 0 Å². The molecule has 0 aliphatic rings. The molecule has 0 spiro atoms. The van der Waals surface area contributed by atoms with Crippen LogP contribution in [0, 0.1) is 13.8 Å². The Labute approximate surface area is 105 Å². The van der Waals surface area contributed by atoms with Crippen molar-refractivity contribution in [3.05, 3.63) is 44.4 Å². The van der Waals surface area contributed by atoms with E-state index in [0.717, 1.165) is 27.5 Å². The van der Waals surface area contributed by atoms with Gasteiger partial charge in [0.1, 0.15) is 11.2 Å². The highest BCUT2D eigenvalue weighted by Gasteiger charge is 2.11. The maximum atomic E-state index is 11.3. The van der Waals surface area contributed by atoms with Crippen molar-refractivity contribution in [2.45, 2.75) is 13.8 Å². The number of benzene rings is 1. The average molecular weight is 293 g/mol. The number of aryl methyl sites for hydroxylation is 2. The summed E-state index contributed by atoms with van der Waals surface area (Å²) < 4.78 is 11.4. The Kier molecular flexibility index (Phi) is 2.16. The lowest BCUT2D eigenvalue weighted by molar-refractivity contribution is 0.556. The van der Waals surface area contributed by atoms with Gasteiger partial charge in [0.2, 0.25) is 0 Å². The summed E-state index contributed by atoms with van der Waals surface area (Å²) in [7, 11) is 0. The van der Waals surface area contributed by atoms with Crippen LogP contribution < -0.4 is 5.63 Å². The molecule has 4 heteroatoms. The summed E-state index contributed by atoms with van der Waals surface area (Å²) in [6.45, 7) is 3.88. The Hall–Kier alpha value is -1.55. The van der Waals surface area contributed by atoms with E-state index >= 15 is 0 Å². The maximum Gasteiger partial charge on any atom is 0.336 e. The predicted octanol–water partition coefficient (Wildman–Crippen LogP) is 3.92. The molecule has 0 radical (unpaired) electrons. The zero-order chi connectivity index (χ0) is 12.2. The number of hydrogen-bond donors (Lipinski definition) is 0.